The molecule has 3 rings (SSSR count). The molecule has 0 radical (unpaired) electrons. The molecule has 1 atom stereocenters. The number of nitriles is 1. The van der Waals surface area contributed by atoms with Crippen LogP contribution in [-0.2, 0) is 14.3 Å². The van der Waals surface area contributed by atoms with Crippen LogP contribution in [0.4, 0.5) is 4.39 Å². The quantitative estimate of drug-likeness (QED) is 0.679. The third-order valence-corrected chi connectivity index (χ3v) is 4.70. The van der Waals surface area contributed by atoms with E-state index in [2.05, 4.69) is 0 Å². The number of nitrogens with zero attached hydrogens (tertiary/aromatic N) is 1. The number of rotatable bonds is 5. The van der Waals surface area contributed by atoms with E-state index in [1.807, 2.05) is 6.07 Å². The van der Waals surface area contributed by atoms with Crippen LogP contribution < -0.4 is 10.5 Å². The van der Waals surface area contributed by atoms with Gasteiger partial charge in [-0.3, -0.25) is 0 Å². The number of hydrogen-bond acceptors (Lipinski definition) is 6. The molecule has 1 aliphatic heterocycles. The van der Waals surface area contributed by atoms with Gasteiger partial charge in [0.2, 0.25) is 5.88 Å². The molecule has 6 nitrogen and oxygen atoms in total. The van der Waals surface area contributed by atoms with Gasteiger partial charge in [-0.2, -0.15) is 5.26 Å². The minimum Gasteiger partial charge on any atom is -0.463 e. The molecule has 8 heteroatoms. The van der Waals surface area contributed by atoms with Gasteiger partial charge < -0.3 is 19.9 Å². The van der Waals surface area contributed by atoms with Gasteiger partial charge in [-0.05, 0) is 50.2 Å². The van der Waals surface area contributed by atoms with Crippen molar-refractivity contribution in [2.24, 2.45) is 5.73 Å². The van der Waals surface area contributed by atoms with Crippen LogP contribution in [-0.4, -0.2) is 12.6 Å². The number of hydrogen-bond donors (Lipinski definition) is 1. The molecule has 1 heterocycles. The van der Waals surface area contributed by atoms with Crippen molar-refractivity contribution in [3.8, 4) is 17.6 Å². The van der Waals surface area contributed by atoms with Gasteiger partial charge in [0.05, 0.1) is 18.1 Å². The fourth-order valence-corrected chi connectivity index (χ4v) is 3.29. The van der Waals surface area contributed by atoms with E-state index in [4.69, 9.17) is 31.5 Å². The average Bonchev–Trinajstić information content (AvgIpc) is 2.69. The first kappa shape index (κ1) is 21.2. The van der Waals surface area contributed by atoms with Crippen molar-refractivity contribution in [3.05, 3.63) is 81.7 Å². The van der Waals surface area contributed by atoms with Crippen LogP contribution in [0, 0.1) is 17.1 Å². The van der Waals surface area contributed by atoms with Gasteiger partial charge in [-0.1, -0.05) is 17.7 Å². The Hall–Kier alpha value is -3.50. The monoisotopic (exact) mass is 428 g/mol. The van der Waals surface area contributed by atoms with Crippen LogP contribution in [0.2, 0.25) is 5.02 Å². The lowest BCUT2D eigenvalue weighted by Gasteiger charge is -2.28. The summed E-state index contributed by atoms with van der Waals surface area (Å²) in [6.07, 6.45) is 0. The van der Waals surface area contributed by atoms with E-state index in [0.717, 1.165) is 0 Å². The van der Waals surface area contributed by atoms with Gasteiger partial charge in [0, 0.05) is 10.6 Å². The normalized spacial score (nSPS) is 16.0. The SMILES string of the molecule is CCOC(=O)C1=C(C)OC(N)=C(C#N)C1c1c(F)cccc1Oc1ccc(Cl)cc1. The molecule has 2 aromatic rings. The molecule has 1 unspecified atom stereocenters. The number of carbonyl (C=O) groups is 1. The van der Waals surface area contributed by atoms with E-state index in [1.165, 1.54) is 25.1 Å². The lowest BCUT2D eigenvalue weighted by molar-refractivity contribution is -0.139. The molecule has 2 N–H and O–H groups in total. The number of allylic oxidation sites excluding steroid dienone is 2. The van der Waals surface area contributed by atoms with E-state index in [-0.39, 0.29) is 40.7 Å². The zero-order valence-electron chi connectivity index (χ0n) is 16.2. The molecule has 0 bridgehead atoms. The Labute approximate surface area is 177 Å². The maximum absolute atomic E-state index is 15.1. The Morgan fingerprint density at radius 1 is 1.30 bits per heavy atom. The Bertz CT molecular complexity index is 1090. The van der Waals surface area contributed by atoms with Crippen molar-refractivity contribution in [2.75, 3.05) is 6.61 Å². The predicted molar refractivity (Wildman–Crippen MR) is 108 cm³/mol. The molecule has 0 aromatic heterocycles. The summed E-state index contributed by atoms with van der Waals surface area (Å²) in [4.78, 5) is 12.7. The first-order chi connectivity index (χ1) is 14.4. The zero-order chi connectivity index (χ0) is 21.8. The number of esters is 1. The van der Waals surface area contributed by atoms with Crippen LogP contribution in [0.15, 0.2) is 65.3 Å². The highest BCUT2D eigenvalue weighted by Gasteiger charge is 2.39. The summed E-state index contributed by atoms with van der Waals surface area (Å²) in [5, 5.41) is 10.2. The number of carbonyl (C=O) groups excluding carboxylic acids is 1. The Kier molecular flexibility index (Phi) is 6.28. The molecule has 0 spiro atoms. The molecule has 154 valence electrons. The van der Waals surface area contributed by atoms with Crippen molar-refractivity contribution >= 4 is 17.6 Å². The first-order valence-electron chi connectivity index (χ1n) is 9.04. The summed E-state index contributed by atoms with van der Waals surface area (Å²) in [6.45, 7) is 3.23. The highest BCUT2D eigenvalue weighted by Crippen LogP contribution is 2.45. The molecular weight excluding hydrogens is 411 g/mol. The molecule has 1 aliphatic rings. The number of ether oxygens (including phenoxy) is 3. The van der Waals surface area contributed by atoms with Gasteiger partial charge in [0.25, 0.3) is 0 Å². The van der Waals surface area contributed by atoms with Gasteiger partial charge in [0.1, 0.15) is 34.7 Å². The van der Waals surface area contributed by atoms with Crippen LogP contribution in [0.3, 0.4) is 0 Å². The van der Waals surface area contributed by atoms with Crippen LogP contribution >= 0.6 is 11.6 Å². The highest BCUT2D eigenvalue weighted by molar-refractivity contribution is 6.30. The summed E-state index contributed by atoms with van der Waals surface area (Å²) in [7, 11) is 0. The van der Waals surface area contributed by atoms with Crippen molar-refractivity contribution < 1.29 is 23.4 Å². The number of nitrogens with two attached hydrogens (primary N) is 1. The van der Waals surface area contributed by atoms with E-state index < -0.39 is 17.7 Å². The van der Waals surface area contributed by atoms with E-state index in [1.54, 1.807) is 31.2 Å². The lowest BCUT2D eigenvalue weighted by Crippen LogP contribution is -2.26. The maximum Gasteiger partial charge on any atom is 0.338 e. The minimum absolute atomic E-state index is 0.0198. The molecule has 2 aromatic carbocycles. The second-order valence-corrected chi connectivity index (χ2v) is 6.76. The molecule has 0 fully saturated rings. The fourth-order valence-electron chi connectivity index (χ4n) is 3.16. The molecule has 30 heavy (non-hydrogen) atoms. The van der Waals surface area contributed by atoms with Crippen LogP contribution in [0.5, 0.6) is 11.5 Å². The Morgan fingerprint density at radius 3 is 2.63 bits per heavy atom. The van der Waals surface area contributed by atoms with Crippen molar-refractivity contribution in [2.45, 2.75) is 19.8 Å². The van der Waals surface area contributed by atoms with Crippen molar-refractivity contribution in [1.82, 2.24) is 0 Å². The van der Waals surface area contributed by atoms with Gasteiger partial charge in [0.15, 0.2) is 0 Å². The largest absolute Gasteiger partial charge is 0.463 e. The summed E-state index contributed by atoms with van der Waals surface area (Å²) >= 11 is 5.90. The molecule has 0 saturated heterocycles. The van der Waals surface area contributed by atoms with E-state index in [0.29, 0.717) is 10.8 Å². The molecule has 0 amide bonds. The minimum atomic E-state index is -1.16. The summed E-state index contributed by atoms with van der Waals surface area (Å²) < 4.78 is 31.4. The van der Waals surface area contributed by atoms with E-state index in [9.17, 15) is 10.1 Å². The Morgan fingerprint density at radius 2 is 2.00 bits per heavy atom. The Balaban J connectivity index is 2.19. The predicted octanol–water partition coefficient (Wildman–Crippen LogP) is 4.92. The topological polar surface area (TPSA) is 94.6 Å². The van der Waals surface area contributed by atoms with Crippen LogP contribution in [0.1, 0.15) is 25.3 Å². The summed E-state index contributed by atoms with van der Waals surface area (Å²) in [5.41, 5.74) is 5.72. The standard InChI is InChI=1S/C22H18ClFN2O4/c1-3-28-22(27)18-12(2)29-21(26)15(11-25)19(18)20-16(24)5-4-6-17(20)30-14-9-7-13(23)8-10-14/h4-10,19H,3,26H2,1-2H3. The van der Waals surface area contributed by atoms with Gasteiger partial charge in [-0.15, -0.1) is 0 Å². The zero-order valence-corrected chi connectivity index (χ0v) is 17.0. The molecular formula is C22H18ClFN2O4. The fraction of sp³-hybridized carbons (Fsp3) is 0.182. The smallest absolute Gasteiger partial charge is 0.338 e. The second-order valence-electron chi connectivity index (χ2n) is 6.32. The average molecular weight is 429 g/mol. The second kappa shape index (κ2) is 8.89. The lowest BCUT2D eigenvalue weighted by atomic mass is 9.82. The van der Waals surface area contributed by atoms with Gasteiger partial charge in [-0.25, -0.2) is 9.18 Å². The van der Waals surface area contributed by atoms with Crippen molar-refractivity contribution in [3.63, 3.8) is 0 Å². The number of benzene rings is 2. The first-order valence-corrected chi connectivity index (χ1v) is 9.42. The molecule has 0 aliphatic carbocycles. The summed E-state index contributed by atoms with van der Waals surface area (Å²) in [5.74, 6) is -2.16. The number of halogens is 2. The third-order valence-electron chi connectivity index (χ3n) is 4.44. The summed E-state index contributed by atoms with van der Waals surface area (Å²) in [6, 6.07) is 12.6. The maximum atomic E-state index is 15.1. The highest BCUT2D eigenvalue weighted by atomic mass is 35.5. The van der Waals surface area contributed by atoms with Crippen LogP contribution in [0.25, 0.3) is 0 Å². The molecule has 0 saturated carbocycles. The van der Waals surface area contributed by atoms with E-state index >= 15 is 4.39 Å². The third kappa shape index (κ3) is 4.09. The van der Waals surface area contributed by atoms with Gasteiger partial charge >= 0.3 is 5.97 Å². The van der Waals surface area contributed by atoms with Crippen molar-refractivity contribution in [1.29, 1.82) is 5.26 Å².